The number of ether oxygens (including phenoxy) is 1. The predicted octanol–water partition coefficient (Wildman–Crippen LogP) is 0.669. The van der Waals surface area contributed by atoms with E-state index in [1.807, 2.05) is 0 Å². The van der Waals surface area contributed by atoms with Crippen molar-refractivity contribution < 1.29 is 22.8 Å². The lowest BCUT2D eigenvalue weighted by Crippen LogP contribution is -3.13. The molecule has 1 amide bonds. The molecule has 2 aliphatic rings. The lowest BCUT2D eigenvalue weighted by atomic mass is 9.97. The lowest BCUT2D eigenvalue weighted by molar-refractivity contribution is -0.905. The summed E-state index contributed by atoms with van der Waals surface area (Å²) in [5.74, 6) is 0.341. The maximum atomic E-state index is 13.0. The Morgan fingerprint density at radius 2 is 1.90 bits per heavy atom. The molecule has 2 heterocycles. The predicted molar refractivity (Wildman–Crippen MR) is 111 cm³/mol. The van der Waals surface area contributed by atoms with E-state index in [1.165, 1.54) is 17.3 Å². The van der Waals surface area contributed by atoms with Crippen molar-refractivity contribution in [3.05, 3.63) is 24.3 Å². The van der Waals surface area contributed by atoms with Gasteiger partial charge in [-0.15, -0.1) is 0 Å². The van der Waals surface area contributed by atoms with E-state index >= 15 is 0 Å². The van der Waals surface area contributed by atoms with Crippen LogP contribution in [0.5, 0.6) is 5.75 Å². The molecule has 0 saturated carbocycles. The van der Waals surface area contributed by atoms with E-state index in [0.717, 1.165) is 32.4 Å². The van der Waals surface area contributed by atoms with Gasteiger partial charge in [0.25, 0.3) is 0 Å². The average molecular weight is 425 g/mol. The van der Waals surface area contributed by atoms with Crippen LogP contribution in [0.3, 0.4) is 0 Å². The molecule has 0 spiro atoms. The standard InChI is InChI=1S/C21H33N3O4S/c1-3-12-23-14-10-18(11-15-23)22-21(25)17-5-4-13-24(16-17)29(26,27)20-8-6-19(28-2)7-9-20/h6-9,17-18H,3-5,10-16H2,1-2H3,(H,22,25)/p+1/t17-/m0/s1. The molecule has 7 nitrogen and oxygen atoms in total. The Morgan fingerprint density at radius 1 is 1.21 bits per heavy atom. The summed E-state index contributed by atoms with van der Waals surface area (Å²) in [6.45, 7) is 6.30. The summed E-state index contributed by atoms with van der Waals surface area (Å²) >= 11 is 0. The second-order valence-electron chi connectivity index (χ2n) is 8.16. The number of carbonyl (C=O) groups excluding carboxylic acids is 1. The molecule has 1 aromatic rings. The van der Waals surface area contributed by atoms with Gasteiger partial charge in [-0.2, -0.15) is 4.31 Å². The molecule has 2 aliphatic heterocycles. The fraction of sp³-hybridized carbons (Fsp3) is 0.667. The van der Waals surface area contributed by atoms with Gasteiger partial charge in [0, 0.05) is 32.0 Å². The van der Waals surface area contributed by atoms with Crippen LogP contribution in [0, 0.1) is 5.92 Å². The van der Waals surface area contributed by atoms with E-state index in [4.69, 9.17) is 4.74 Å². The van der Waals surface area contributed by atoms with Gasteiger partial charge in [0.1, 0.15) is 5.75 Å². The Kier molecular flexibility index (Phi) is 7.54. The van der Waals surface area contributed by atoms with Gasteiger partial charge in [0.2, 0.25) is 15.9 Å². The molecular formula is C21H34N3O4S+. The number of hydrogen-bond donors (Lipinski definition) is 2. The first kappa shape index (κ1) is 22.1. The number of nitrogens with zero attached hydrogens (tertiary/aromatic N) is 1. The maximum absolute atomic E-state index is 13.0. The summed E-state index contributed by atoms with van der Waals surface area (Å²) in [6, 6.07) is 6.63. The van der Waals surface area contributed by atoms with Gasteiger partial charge >= 0.3 is 0 Å². The van der Waals surface area contributed by atoms with Crippen LogP contribution in [-0.2, 0) is 14.8 Å². The fourth-order valence-corrected chi connectivity index (χ4v) is 5.89. The Balaban J connectivity index is 1.57. The van der Waals surface area contributed by atoms with Gasteiger partial charge in [-0.3, -0.25) is 4.79 Å². The van der Waals surface area contributed by atoms with Gasteiger partial charge in [0.05, 0.1) is 37.6 Å². The summed E-state index contributed by atoms with van der Waals surface area (Å²) < 4.78 is 32.5. The molecular weight excluding hydrogens is 390 g/mol. The van der Waals surface area contributed by atoms with Crippen LogP contribution < -0.4 is 15.0 Å². The molecule has 29 heavy (non-hydrogen) atoms. The third kappa shape index (κ3) is 5.49. The highest BCUT2D eigenvalue weighted by molar-refractivity contribution is 7.89. The van der Waals surface area contributed by atoms with E-state index in [-0.39, 0.29) is 29.3 Å². The quantitative estimate of drug-likeness (QED) is 0.674. The van der Waals surface area contributed by atoms with Crippen molar-refractivity contribution in [1.82, 2.24) is 9.62 Å². The summed E-state index contributed by atoms with van der Waals surface area (Å²) in [7, 11) is -2.06. The first-order chi connectivity index (χ1) is 13.9. The normalized spacial score (nSPS) is 26.1. The Labute approximate surface area is 174 Å². The van der Waals surface area contributed by atoms with Crippen LogP contribution in [0.1, 0.15) is 39.0 Å². The largest absolute Gasteiger partial charge is 0.497 e. The van der Waals surface area contributed by atoms with Crippen LogP contribution >= 0.6 is 0 Å². The minimum atomic E-state index is -3.61. The van der Waals surface area contributed by atoms with Gasteiger partial charge in [0.15, 0.2) is 0 Å². The van der Waals surface area contributed by atoms with E-state index in [1.54, 1.807) is 36.3 Å². The highest BCUT2D eigenvalue weighted by atomic mass is 32.2. The molecule has 8 heteroatoms. The molecule has 0 aromatic heterocycles. The molecule has 0 radical (unpaired) electrons. The molecule has 0 unspecified atom stereocenters. The number of likely N-dealkylation sites (tertiary alicyclic amines) is 1. The molecule has 2 fully saturated rings. The van der Waals surface area contributed by atoms with E-state index in [2.05, 4.69) is 12.2 Å². The summed E-state index contributed by atoms with van der Waals surface area (Å²) in [6.07, 6.45) is 4.63. The van der Waals surface area contributed by atoms with Gasteiger partial charge in [-0.1, -0.05) is 6.92 Å². The van der Waals surface area contributed by atoms with Crippen molar-refractivity contribution >= 4 is 15.9 Å². The first-order valence-electron chi connectivity index (χ1n) is 10.7. The zero-order chi connectivity index (χ0) is 20.9. The minimum Gasteiger partial charge on any atom is -0.497 e. The number of quaternary nitrogens is 1. The minimum absolute atomic E-state index is 0.00331. The van der Waals surface area contributed by atoms with Crippen LogP contribution in [0.4, 0.5) is 0 Å². The van der Waals surface area contributed by atoms with Crippen molar-refractivity contribution in [2.45, 2.75) is 50.0 Å². The molecule has 2 saturated heterocycles. The van der Waals surface area contributed by atoms with Crippen molar-refractivity contribution in [3.8, 4) is 5.75 Å². The van der Waals surface area contributed by atoms with Crippen LogP contribution in [0.25, 0.3) is 0 Å². The number of rotatable bonds is 7. The SMILES string of the molecule is CCC[NH+]1CCC(NC(=O)[C@H]2CCCN(S(=O)(=O)c3ccc(OC)cc3)C2)CC1. The first-order valence-corrected chi connectivity index (χ1v) is 12.2. The molecule has 2 N–H and O–H groups in total. The summed E-state index contributed by atoms with van der Waals surface area (Å²) in [5.41, 5.74) is 0. The van der Waals surface area contributed by atoms with E-state index < -0.39 is 10.0 Å². The van der Waals surface area contributed by atoms with Crippen molar-refractivity contribution in [2.24, 2.45) is 5.92 Å². The van der Waals surface area contributed by atoms with Gasteiger partial charge in [-0.25, -0.2) is 8.42 Å². The summed E-state index contributed by atoms with van der Waals surface area (Å²) in [5, 5.41) is 3.19. The number of piperidine rings is 2. The number of carbonyl (C=O) groups is 1. The second kappa shape index (κ2) is 9.91. The molecule has 3 rings (SSSR count). The monoisotopic (exact) mass is 424 g/mol. The Bertz CT molecular complexity index is 774. The smallest absolute Gasteiger partial charge is 0.243 e. The van der Waals surface area contributed by atoms with Gasteiger partial charge in [-0.05, 0) is 43.5 Å². The number of benzene rings is 1. The number of hydrogen-bond acceptors (Lipinski definition) is 4. The molecule has 0 aliphatic carbocycles. The second-order valence-corrected chi connectivity index (χ2v) is 10.1. The number of sulfonamides is 1. The number of methoxy groups -OCH3 is 1. The lowest BCUT2D eigenvalue weighted by Gasteiger charge is -2.34. The Morgan fingerprint density at radius 3 is 2.52 bits per heavy atom. The highest BCUT2D eigenvalue weighted by Crippen LogP contribution is 2.25. The zero-order valence-electron chi connectivity index (χ0n) is 17.5. The van der Waals surface area contributed by atoms with E-state index in [0.29, 0.717) is 18.7 Å². The maximum Gasteiger partial charge on any atom is 0.243 e. The highest BCUT2D eigenvalue weighted by Gasteiger charge is 2.34. The molecule has 1 atom stereocenters. The topological polar surface area (TPSA) is 80.2 Å². The molecule has 162 valence electrons. The zero-order valence-corrected chi connectivity index (χ0v) is 18.3. The third-order valence-electron chi connectivity index (χ3n) is 6.09. The van der Waals surface area contributed by atoms with Crippen LogP contribution in [0.15, 0.2) is 29.2 Å². The van der Waals surface area contributed by atoms with Crippen molar-refractivity contribution in [3.63, 3.8) is 0 Å². The van der Waals surface area contributed by atoms with Crippen molar-refractivity contribution in [2.75, 3.05) is 39.8 Å². The van der Waals surface area contributed by atoms with E-state index in [9.17, 15) is 13.2 Å². The van der Waals surface area contributed by atoms with Gasteiger partial charge < -0.3 is 15.0 Å². The fourth-order valence-electron chi connectivity index (χ4n) is 4.36. The Hall–Kier alpha value is -1.64. The molecule has 0 bridgehead atoms. The van der Waals surface area contributed by atoms with Crippen LogP contribution in [-0.4, -0.2) is 64.5 Å². The number of amides is 1. The van der Waals surface area contributed by atoms with Crippen LogP contribution in [0.2, 0.25) is 0 Å². The molecule has 1 aromatic carbocycles. The number of nitrogens with one attached hydrogen (secondary N) is 2. The summed E-state index contributed by atoms with van der Waals surface area (Å²) in [4.78, 5) is 14.7. The third-order valence-corrected chi connectivity index (χ3v) is 7.97. The van der Waals surface area contributed by atoms with Crippen molar-refractivity contribution in [1.29, 1.82) is 0 Å². The average Bonchev–Trinajstić information content (AvgIpc) is 2.75.